The summed E-state index contributed by atoms with van der Waals surface area (Å²) < 4.78 is 24.6. The van der Waals surface area contributed by atoms with Crippen molar-refractivity contribution in [1.82, 2.24) is 19.9 Å². The van der Waals surface area contributed by atoms with Crippen molar-refractivity contribution in [2.45, 2.75) is 17.9 Å². The second kappa shape index (κ2) is 8.90. The minimum Gasteiger partial charge on any atom is -0.369 e. The first-order valence-corrected chi connectivity index (χ1v) is 10.5. The number of ether oxygens (including phenoxy) is 2. The van der Waals surface area contributed by atoms with Crippen LogP contribution in [0.5, 0.6) is 0 Å². The number of hydrogen-bond acceptors (Lipinski definition) is 7. The molecule has 10 heteroatoms. The lowest BCUT2D eigenvalue weighted by Crippen LogP contribution is -2.40. The zero-order chi connectivity index (χ0) is 21.1. The fraction of sp³-hybridized carbons (Fsp3) is 0.300. The van der Waals surface area contributed by atoms with Crippen molar-refractivity contribution in [3.63, 3.8) is 0 Å². The lowest BCUT2D eigenvalue weighted by atomic mass is 10.1. The van der Waals surface area contributed by atoms with Gasteiger partial charge in [0.2, 0.25) is 5.91 Å². The number of H-pyrrole nitrogens is 1. The number of aromatic amines is 1. The SMILES string of the molecule is CSc1nccc(-c2[nH]c(CC3OCC(C(N)=O)CO3)nc2-c2ccc(F)cc2)n1. The van der Waals surface area contributed by atoms with Crippen LogP contribution in [0.25, 0.3) is 22.6 Å². The van der Waals surface area contributed by atoms with Gasteiger partial charge in [-0.2, -0.15) is 0 Å². The fourth-order valence-electron chi connectivity index (χ4n) is 3.08. The molecule has 0 aliphatic carbocycles. The summed E-state index contributed by atoms with van der Waals surface area (Å²) in [6.07, 6.45) is 3.38. The number of amides is 1. The van der Waals surface area contributed by atoms with Crippen LogP contribution >= 0.6 is 11.8 Å². The topological polar surface area (TPSA) is 116 Å². The lowest BCUT2D eigenvalue weighted by Gasteiger charge is -2.27. The Balaban J connectivity index is 1.64. The highest BCUT2D eigenvalue weighted by Crippen LogP contribution is 2.30. The van der Waals surface area contributed by atoms with Crippen LogP contribution in [-0.4, -0.2) is 51.6 Å². The first-order valence-electron chi connectivity index (χ1n) is 9.28. The summed E-state index contributed by atoms with van der Waals surface area (Å²) in [6, 6.07) is 7.90. The van der Waals surface area contributed by atoms with Crippen LogP contribution in [0.15, 0.2) is 41.7 Å². The molecule has 1 aliphatic heterocycles. The van der Waals surface area contributed by atoms with Gasteiger partial charge >= 0.3 is 0 Å². The number of aromatic nitrogens is 4. The number of imidazole rings is 1. The Hall–Kier alpha value is -2.82. The van der Waals surface area contributed by atoms with Crippen molar-refractivity contribution in [2.75, 3.05) is 19.5 Å². The van der Waals surface area contributed by atoms with Gasteiger partial charge in [0.1, 0.15) is 11.6 Å². The zero-order valence-corrected chi connectivity index (χ0v) is 17.0. The molecule has 0 saturated carbocycles. The van der Waals surface area contributed by atoms with Crippen molar-refractivity contribution >= 4 is 17.7 Å². The number of carbonyl (C=O) groups excluding carboxylic acids is 1. The molecular formula is C20H20FN5O3S. The monoisotopic (exact) mass is 429 g/mol. The van der Waals surface area contributed by atoms with E-state index >= 15 is 0 Å². The summed E-state index contributed by atoms with van der Waals surface area (Å²) in [7, 11) is 0. The molecule has 8 nitrogen and oxygen atoms in total. The predicted molar refractivity (Wildman–Crippen MR) is 109 cm³/mol. The number of nitrogens with two attached hydrogens (primary N) is 1. The van der Waals surface area contributed by atoms with Crippen molar-refractivity contribution < 1.29 is 18.7 Å². The maximum atomic E-state index is 13.4. The smallest absolute Gasteiger partial charge is 0.225 e. The second-order valence-electron chi connectivity index (χ2n) is 6.74. The Bertz CT molecular complexity index is 1040. The van der Waals surface area contributed by atoms with Gasteiger partial charge in [-0.25, -0.2) is 19.3 Å². The highest BCUT2D eigenvalue weighted by Gasteiger charge is 2.27. The van der Waals surface area contributed by atoms with Gasteiger partial charge in [0.15, 0.2) is 11.4 Å². The quantitative estimate of drug-likeness (QED) is 0.457. The number of thioether (sulfide) groups is 1. The molecule has 0 spiro atoms. The summed E-state index contributed by atoms with van der Waals surface area (Å²) in [6.45, 7) is 0.419. The second-order valence-corrected chi connectivity index (χ2v) is 7.52. The maximum Gasteiger partial charge on any atom is 0.225 e. The molecule has 1 amide bonds. The van der Waals surface area contributed by atoms with Gasteiger partial charge in [-0.15, -0.1) is 0 Å². The van der Waals surface area contributed by atoms with E-state index in [0.717, 1.165) is 5.56 Å². The highest BCUT2D eigenvalue weighted by atomic mass is 32.2. The largest absolute Gasteiger partial charge is 0.369 e. The molecule has 0 radical (unpaired) electrons. The number of nitrogens with one attached hydrogen (secondary N) is 1. The van der Waals surface area contributed by atoms with Gasteiger partial charge in [-0.3, -0.25) is 4.79 Å². The Morgan fingerprint density at radius 2 is 1.97 bits per heavy atom. The third-order valence-electron chi connectivity index (χ3n) is 4.67. The van der Waals surface area contributed by atoms with E-state index in [1.165, 1.54) is 23.9 Å². The molecule has 2 aromatic heterocycles. The van der Waals surface area contributed by atoms with Gasteiger partial charge < -0.3 is 20.2 Å². The van der Waals surface area contributed by atoms with Crippen molar-refractivity contribution in [3.8, 4) is 22.6 Å². The maximum absolute atomic E-state index is 13.4. The molecule has 1 aromatic carbocycles. The molecule has 30 heavy (non-hydrogen) atoms. The molecule has 156 valence electrons. The molecule has 0 unspecified atom stereocenters. The predicted octanol–water partition coefficient (Wildman–Crippen LogP) is 2.41. The van der Waals surface area contributed by atoms with E-state index in [-0.39, 0.29) is 19.0 Å². The summed E-state index contributed by atoms with van der Waals surface area (Å²) in [5.74, 6) is -0.596. The zero-order valence-electron chi connectivity index (χ0n) is 16.2. The number of hydrogen-bond donors (Lipinski definition) is 2. The molecule has 1 saturated heterocycles. The molecule has 3 aromatic rings. The van der Waals surface area contributed by atoms with Gasteiger partial charge in [-0.1, -0.05) is 11.8 Å². The van der Waals surface area contributed by atoms with Crippen LogP contribution in [0.1, 0.15) is 5.82 Å². The number of halogens is 1. The van der Waals surface area contributed by atoms with E-state index in [1.54, 1.807) is 24.4 Å². The summed E-state index contributed by atoms with van der Waals surface area (Å²) in [4.78, 5) is 28.0. The van der Waals surface area contributed by atoms with Crippen LogP contribution in [0.3, 0.4) is 0 Å². The fourth-order valence-corrected chi connectivity index (χ4v) is 3.44. The number of benzene rings is 1. The van der Waals surface area contributed by atoms with E-state index in [2.05, 4.69) is 15.0 Å². The van der Waals surface area contributed by atoms with Crippen LogP contribution in [0.4, 0.5) is 4.39 Å². The van der Waals surface area contributed by atoms with E-state index in [4.69, 9.17) is 20.2 Å². The number of primary amides is 1. The van der Waals surface area contributed by atoms with Crippen LogP contribution < -0.4 is 5.73 Å². The first-order chi connectivity index (χ1) is 14.5. The number of nitrogens with zero attached hydrogens (tertiary/aromatic N) is 3. The minimum absolute atomic E-state index is 0.210. The Kier molecular flexibility index (Phi) is 6.07. The molecular weight excluding hydrogens is 409 g/mol. The summed E-state index contributed by atoms with van der Waals surface area (Å²) in [5, 5.41) is 0.630. The number of carbonyl (C=O) groups is 1. The van der Waals surface area contributed by atoms with Crippen LogP contribution in [0, 0.1) is 11.7 Å². The normalized spacial score (nSPS) is 19.0. The molecule has 3 heterocycles. The van der Waals surface area contributed by atoms with Crippen molar-refractivity contribution in [1.29, 1.82) is 0 Å². The van der Waals surface area contributed by atoms with Crippen LogP contribution in [-0.2, 0) is 20.7 Å². The third-order valence-corrected chi connectivity index (χ3v) is 5.23. The standard InChI is InChI=1S/C20H20FN5O3S/c1-30-20-23-7-6-14(24-20)18-17(11-2-4-13(21)5-3-11)25-15(26-18)8-16-28-9-12(10-29-16)19(22)27/h2-7,12,16H,8-10H2,1H3,(H2,22,27)(H,25,26). The molecule has 1 fully saturated rings. The van der Waals surface area contributed by atoms with Gasteiger partial charge in [0.25, 0.3) is 0 Å². The molecule has 0 atom stereocenters. The van der Waals surface area contributed by atoms with Crippen LogP contribution in [0.2, 0.25) is 0 Å². The van der Waals surface area contributed by atoms with Gasteiger partial charge in [0, 0.05) is 11.8 Å². The molecule has 3 N–H and O–H groups in total. The van der Waals surface area contributed by atoms with Gasteiger partial charge in [0.05, 0.1) is 42.6 Å². The Labute approximate surface area is 176 Å². The third kappa shape index (κ3) is 4.50. The minimum atomic E-state index is -0.548. The lowest BCUT2D eigenvalue weighted by molar-refractivity contribution is -0.199. The Morgan fingerprint density at radius 3 is 2.63 bits per heavy atom. The summed E-state index contributed by atoms with van der Waals surface area (Å²) >= 11 is 1.44. The average Bonchev–Trinajstić information content (AvgIpc) is 3.18. The molecule has 1 aliphatic rings. The molecule has 0 bridgehead atoms. The van der Waals surface area contributed by atoms with E-state index in [9.17, 15) is 9.18 Å². The Morgan fingerprint density at radius 1 is 1.23 bits per heavy atom. The van der Waals surface area contributed by atoms with E-state index in [1.807, 2.05) is 6.26 Å². The average molecular weight is 429 g/mol. The summed E-state index contributed by atoms with van der Waals surface area (Å²) in [5.41, 5.74) is 8.05. The van der Waals surface area contributed by atoms with E-state index in [0.29, 0.717) is 34.5 Å². The van der Waals surface area contributed by atoms with Crippen molar-refractivity contribution in [2.24, 2.45) is 11.7 Å². The van der Waals surface area contributed by atoms with Gasteiger partial charge in [-0.05, 0) is 36.6 Å². The highest BCUT2D eigenvalue weighted by molar-refractivity contribution is 7.98. The first kappa shape index (κ1) is 20.5. The van der Waals surface area contributed by atoms with Crippen molar-refractivity contribution in [3.05, 3.63) is 48.2 Å². The molecule has 4 rings (SSSR count). The van der Waals surface area contributed by atoms with E-state index < -0.39 is 18.1 Å². The number of rotatable bonds is 6.